The number of nitrogens with two attached hydrogens (primary N) is 1. The summed E-state index contributed by atoms with van der Waals surface area (Å²) in [4.78, 5) is 14.5. The molecule has 2 aromatic rings. The van der Waals surface area contributed by atoms with E-state index in [0.29, 0.717) is 5.78 Å². The molecule has 0 aliphatic carbocycles. The molecule has 0 aromatic carbocycles. The molecule has 7 heteroatoms. The van der Waals surface area contributed by atoms with E-state index in [9.17, 15) is 4.79 Å². The Kier molecular flexibility index (Phi) is 1.23. The average molecular weight is 164 g/mol. The Hall–Kier alpha value is -2.05. The SMILES string of the molecule is NC(=O)c1cnc2nnnn2c1. The maximum Gasteiger partial charge on any atom is 0.273 e. The number of amides is 1. The Morgan fingerprint density at radius 2 is 2.42 bits per heavy atom. The second-order valence-corrected chi connectivity index (χ2v) is 2.13. The summed E-state index contributed by atoms with van der Waals surface area (Å²) in [6.07, 6.45) is 2.75. The number of rotatable bonds is 1. The van der Waals surface area contributed by atoms with Crippen LogP contribution in [0.2, 0.25) is 0 Å². The molecule has 0 spiro atoms. The van der Waals surface area contributed by atoms with Gasteiger partial charge in [0.25, 0.3) is 11.7 Å². The minimum absolute atomic E-state index is 0.273. The molecular formula is C5H4N6O. The van der Waals surface area contributed by atoms with Gasteiger partial charge in [-0.25, -0.2) is 4.98 Å². The molecule has 0 unspecified atom stereocenters. The Morgan fingerprint density at radius 3 is 3.17 bits per heavy atom. The van der Waals surface area contributed by atoms with Crippen LogP contribution in [-0.4, -0.2) is 30.9 Å². The smallest absolute Gasteiger partial charge is 0.273 e. The number of carbonyl (C=O) groups is 1. The Morgan fingerprint density at radius 1 is 1.58 bits per heavy atom. The van der Waals surface area contributed by atoms with Gasteiger partial charge in [-0.3, -0.25) is 4.79 Å². The molecule has 0 saturated carbocycles. The van der Waals surface area contributed by atoms with Gasteiger partial charge in [-0.05, 0) is 10.4 Å². The van der Waals surface area contributed by atoms with Gasteiger partial charge in [0.2, 0.25) is 0 Å². The molecule has 0 saturated heterocycles. The van der Waals surface area contributed by atoms with Crippen LogP contribution in [0, 0.1) is 0 Å². The third-order valence-corrected chi connectivity index (χ3v) is 1.34. The van der Waals surface area contributed by atoms with E-state index in [0.717, 1.165) is 0 Å². The summed E-state index contributed by atoms with van der Waals surface area (Å²) >= 11 is 0. The topological polar surface area (TPSA) is 99.1 Å². The van der Waals surface area contributed by atoms with Crippen LogP contribution < -0.4 is 5.73 Å². The quantitative estimate of drug-likeness (QED) is 0.559. The zero-order chi connectivity index (χ0) is 8.55. The third kappa shape index (κ3) is 0.875. The highest BCUT2D eigenvalue weighted by Crippen LogP contribution is 1.95. The summed E-state index contributed by atoms with van der Waals surface area (Å²) in [6, 6.07) is 0. The summed E-state index contributed by atoms with van der Waals surface area (Å²) in [5.41, 5.74) is 5.29. The first-order valence-corrected chi connectivity index (χ1v) is 3.11. The van der Waals surface area contributed by atoms with Crippen LogP contribution in [0.3, 0.4) is 0 Å². The second kappa shape index (κ2) is 2.22. The molecule has 0 atom stereocenters. The number of hydrogen-bond acceptors (Lipinski definition) is 5. The first-order valence-electron chi connectivity index (χ1n) is 3.11. The van der Waals surface area contributed by atoms with E-state index in [2.05, 4.69) is 20.5 Å². The fourth-order valence-corrected chi connectivity index (χ4v) is 0.777. The highest BCUT2D eigenvalue weighted by molar-refractivity contribution is 5.92. The van der Waals surface area contributed by atoms with Crippen molar-refractivity contribution in [3.8, 4) is 0 Å². The van der Waals surface area contributed by atoms with Gasteiger partial charge in [0.15, 0.2) is 0 Å². The van der Waals surface area contributed by atoms with E-state index in [1.165, 1.54) is 16.9 Å². The molecule has 60 valence electrons. The standard InChI is InChI=1S/C5H4N6O/c6-4(12)3-1-7-5-8-9-10-11(5)2-3/h1-2H,(H2,6,12). The summed E-state index contributed by atoms with van der Waals surface area (Å²) in [5.74, 6) is -0.222. The molecule has 12 heavy (non-hydrogen) atoms. The Bertz CT molecular complexity index is 434. The van der Waals surface area contributed by atoms with Crippen molar-refractivity contribution in [2.24, 2.45) is 5.73 Å². The average Bonchev–Trinajstić information content (AvgIpc) is 2.49. The minimum atomic E-state index is -0.556. The van der Waals surface area contributed by atoms with Gasteiger partial charge in [0, 0.05) is 12.4 Å². The summed E-state index contributed by atoms with van der Waals surface area (Å²) < 4.78 is 1.28. The van der Waals surface area contributed by atoms with Gasteiger partial charge in [-0.1, -0.05) is 5.10 Å². The van der Waals surface area contributed by atoms with Crippen molar-refractivity contribution in [2.75, 3.05) is 0 Å². The van der Waals surface area contributed by atoms with Gasteiger partial charge >= 0.3 is 0 Å². The van der Waals surface area contributed by atoms with Gasteiger partial charge in [-0.15, -0.1) is 0 Å². The zero-order valence-corrected chi connectivity index (χ0v) is 5.88. The summed E-state index contributed by atoms with van der Waals surface area (Å²) in [6.45, 7) is 0. The van der Waals surface area contributed by atoms with E-state index in [1.807, 2.05) is 0 Å². The van der Waals surface area contributed by atoms with Crippen molar-refractivity contribution in [1.82, 2.24) is 25.0 Å². The lowest BCUT2D eigenvalue weighted by molar-refractivity contribution is 0.0999. The number of hydrogen-bond donors (Lipinski definition) is 1. The van der Waals surface area contributed by atoms with E-state index in [1.54, 1.807) is 0 Å². The van der Waals surface area contributed by atoms with Crippen molar-refractivity contribution in [3.63, 3.8) is 0 Å². The highest BCUT2D eigenvalue weighted by atomic mass is 16.1. The lowest BCUT2D eigenvalue weighted by atomic mass is 10.3. The number of carbonyl (C=O) groups excluding carboxylic acids is 1. The first-order chi connectivity index (χ1) is 5.77. The van der Waals surface area contributed by atoms with Crippen molar-refractivity contribution < 1.29 is 4.79 Å². The lowest BCUT2D eigenvalue weighted by Gasteiger charge is -1.92. The molecule has 0 fully saturated rings. The van der Waals surface area contributed by atoms with E-state index in [4.69, 9.17) is 5.73 Å². The van der Waals surface area contributed by atoms with Crippen molar-refractivity contribution in [3.05, 3.63) is 18.0 Å². The zero-order valence-electron chi connectivity index (χ0n) is 5.88. The van der Waals surface area contributed by atoms with Crippen LogP contribution in [0.5, 0.6) is 0 Å². The second-order valence-electron chi connectivity index (χ2n) is 2.13. The maximum absolute atomic E-state index is 10.7. The molecule has 0 aliphatic heterocycles. The Balaban J connectivity index is 2.68. The number of nitrogens with zero attached hydrogens (tertiary/aromatic N) is 5. The first kappa shape index (κ1) is 6.65. The predicted octanol–water partition coefficient (Wildman–Crippen LogP) is -1.38. The molecule has 2 rings (SSSR count). The van der Waals surface area contributed by atoms with Gasteiger partial charge in [0.05, 0.1) is 5.56 Å². The number of primary amides is 1. The van der Waals surface area contributed by atoms with Crippen molar-refractivity contribution >= 4 is 11.7 Å². The molecule has 1 amide bonds. The largest absolute Gasteiger partial charge is 0.366 e. The minimum Gasteiger partial charge on any atom is -0.366 e. The molecule has 0 bridgehead atoms. The Labute approximate surface area is 66.2 Å². The molecule has 0 aliphatic rings. The van der Waals surface area contributed by atoms with Crippen LogP contribution >= 0.6 is 0 Å². The van der Waals surface area contributed by atoms with E-state index in [-0.39, 0.29) is 5.56 Å². The molecule has 2 aromatic heterocycles. The lowest BCUT2D eigenvalue weighted by Crippen LogP contribution is -2.12. The normalized spacial score (nSPS) is 10.3. The fraction of sp³-hybridized carbons (Fsp3) is 0. The van der Waals surface area contributed by atoms with Crippen molar-refractivity contribution in [1.29, 1.82) is 0 Å². The van der Waals surface area contributed by atoms with Crippen molar-refractivity contribution in [2.45, 2.75) is 0 Å². The van der Waals surface area contributed by atoms with Gasteiger partial charge in [0.1, 0.15) is 0 Å². The summed E-state index contributed by atoms with van der Waals surface area (Å²) in [5, 5.41) is 10.5. The van der Waals surface area contributed by atoms with E-state index >= 15 is 0 Å². The molecule has 7 nitrogen and oxygen atoms in total. The monoisotopic (exact) mass is 164 g/mol. The maximum atomic E-state index is 10.7. The fourth-order valence-electron chi connectivity index (χ4n) is 0.777. The molecule has 0 radical (unpaired) electrons. The van der Waals surface area contributed by atoms with Crippen LogP contribution in [-0.2, 0) is 0 Å². The van der Waals surface area contributed by atoms with E-state index < -0.39 is 5.91 Å². The molecule has 2 heterocycles. The van der Waals surface area contributed by atoms with Gasteiger partial charge in [-0.2, -0.15) is 4.52 Å². The van der Waals surface area contributed by atoms with Gasteiger partial charge < -0.3 is 5.73 Å². The third-order valence-electron chi connectivity index (χ3n) is 1.34. The number of tetrazole rings is 1. The van der Waals surface area contributed by atoms with Crippen LogP contribution in [0.4, 0.5) is 0 Å². The van der Waals surface area contributed by atoms with Crippen LogP contribution in [0.25, 0.3) is 5.78 Å². The highest BCUT2D eigenvalue weighted by Gasteiger charge is 2.03. The van der Waals surface area contributed by atoms with Crippen LogP contribution in [0.15, 0.2) is 12.4 Å². The number of aromatic nitrogens is 5. The summed E-state index contributed by atoms with van der Waals surface area (Å²) in [7, 11) is 0. The van der Waals surface area contributed by atoms with Crippen LogP contribution in [0.1, 0.15) is 10.4 Å². The molecular weight excluding hydrogens is 160 g/mol. The molecule has 2 N–H and O–H groups in total. The predicted molar refractivity (Wildman–Crippen MR) is 37.1 cm³/mol. The number of fused-ring (bicyclic) bond motifs is 1.